The Morgan fingerprint density at radius 3 is 2.59 bits per heavy atom. The molecule has 0 aromatic heterocycles. The molecule has 0 spiro atoms. The fraction of sp³-hybridized carbons (Fsp3) is 0.385. The maximum atomic E-state index is 11.9. The van der Waals surface area contributed by atoms with Crippen molar-refractivity contribution in [3.05, 3.63) is 29.3 Å². The van der Waals surface area contributed by atoms with Gasteiger partial charge in [-0.25, -0.2) is 0 Å². The molecule has 1 aliphatic heterocycles. The van der Waals surface area contributed by atoms with Crippen LogP contribution in [0, 0.1) is 6.92 Å². The van der Waals surface area contributed by atoms with Crippen molar-refractivity contribution in [1.29, 1.82) is 0 Å². The normalized spacial score (nSPS) is 19.9. The number of rotatable bonds is 2. The highest BCUT2D eigenvalue weighted by molar-refractivity contribution is 6.05. The Balaban J connectivity index is 2.35. The summed E-state index contributed by atoms with van der Waals surface area (Å²) < 4.78 is 5.22. The van der Waals surface area contributed by atoms with E-state index < -0.39 is 0 Å². The number of carbonyl (C=O) groups is 2. The topological polar surface area (TPSA) is 46.6 Å². The fourth-order valence-electron chi connectivity index (χ4n) is 2.07. The lowest BCUT2D eigenvalue weighted by Crippen LogP contribution is -2.25. The summed E-state index contributed by atoms with van der Waals surface area (Å²) in [6.45, 7) is 1.94. The first kappa shape index (κ1) is 11.6. The average Bonchev–Trinajstić information content (AvgIpc) is 2.58. The second-order valence-electron chi connectivity index (χ2n) is 4.28. The van der Waals surface area contributed by atoms with Crippen molar-refractivity contribution < 1.29 is 14.3 Å². The predicted octanol–water partition coefficient (Wildman–Crippen LogP) is 1.48. The molecule has 1 atom stereocenters. The third-order valence-electron chi connectivity index (χ3n) is 3.22. The molecule has 2 amide bonds. The molecule has 1 fully saturated rings. The highest BCUT2D eigenvalue weighted by Gasteiger charge is 2.37. The smallest absolute Gasteiger partial charge is 0.236 e. The van der Waals surface area contributed by atoms with Crippen LogP contribution in [-0.4, -0.2) is 30.9 Å². The van der Waals surface area contributed by atoms with Crippen molar-refractivity contribution in [2.75, 3.05) is 14.2 Å². The van der Waals surface area contributed by atoms with Crippen molar-refractivity contribution in [3.8, 4) is 5.75 Å². The van der Waals surface area contributed by atoms with Gasteiger partial charge < -0.3 is 4.74 Å². The fourth-order valence-corrected chi connectivity index (χ4v) is 2.07. The van der Waals surface area contributed by atoms with E-state index in [1.165, 1.54) is 11.9 Å². The van der Waals surface area contributed by atoms with Crippen LogP contribution in [0.3, 0.4) is 0 Å². The summed E-state index contributed by atoms with van der Waals surface area (Å²) in [4.78, 5) is 24.5. The van der Waals surface area contributed by atoms with Gasteiger partial charge in [-0.05, 0) is 24.1 Å². The van der Waals surface area contributed by atoms with Gasteiger partial charge in [0.05, 0.1) is 13.0 Å². The molecule has 4 nitrogen and oxygen atoms in total. The number of aryl methyl sites for hydroxylation is 1. The van der Waals surface area contributed by atoms with Gasteiger partial charge in [-0.1, -0.05) is 12.1 Å². The van der Waals surface area contributed by atoms with Gasteiger partial charge in [-0.3, -0.25) is 14.5 Å². The van der Waals surface area contributed by atoms with Gasteiger partial charge in [0.1, 0.15) is 5.75 Å². The first-order chi connectivity index (χ1) is 8.04. The van der Waals surface area contributed by atoms with Crippen molar-refractivity contribution in [2.45, 2.75) is 19.3 Å². The quantitative estimate of drug-likeness (QED) is 0.727. The van der Waals surface area contributed by atoms with E-state index >= 15 is 0 Å². The van der Waals surface area contributed by atoms with Crippen LogP contribution in [0.1, 0.15) is 23.5 Å². The van der Waals surface area contributed by atoms with E-state index in [1.807, 2.05) is 25.1 Å². The van der Waals surface area contributed by atoms with Gasteiger partial charge in [-0.15, -0.1) is 0 Å². The third kappa shape index (κ3) is 1.90. The number of hydrogen-bond donors (Lipinski definition) is 0. The second-order valence-corrected chi connectivity index (χ2v) is 4.28. The minimum Gasteiger partial charge on any atom is -0.496 e. The summed E-state index contributed by atoms with van der Waals surface area (Å²) in [6.07, 6.45) is 0.252. The maximum absolute atomic E-state index is 11.9. The highest BCUT2D eigenvalue weighted by atomic mass is 16.5. The predicted molar refractivity (Wildman–Crippen MR) is 62.9 cm³/mol. The number of likely N-dealkylation sites (tertiary alicyclic amines) is 1. The van der Waals surface area contributed by atoms with Gasteiger partial charge in [0.25, 0.3) is 0 Å². The molecule has 4 heteroatoms. The summed E-state index contributed by atoms with van der Waals surface area (Å²) in [5.41, 5.74) is 1.86. The monoisotopic (exact) mass is 233 g/mol. The van der Waals surface area contributed by atoms with Crippen molar-refractivity contribution in [1.82, 2.24) is 4.90 Å². The maximum Gasteiger partial charge on any atom is 0.236 e. The first-order valence-electron chi connectivity index (χ1n) is 5.49. The molecular formula is C13H15NO3. The third-order valence-corrected chi connectivity index (χ3v) is 3.22. The molecule has 90 valence electrons. The van der Waals surface area contributed by atoms with E-state index in [1.54, 1.807) is 7.11 Å². The number of imide groups is 1. The average molecular weight is 233 g/mol. The Hall–Kier alpha value is -1.84. The van der Waals surface area contributed by atoms with Crippen LogP contribution in [0.5, 0.6) is 5.75 Å². The molecule has 17 heavy (non-hydrogen) atoms. The van der Waals surface area contributed by atoms with E-state index in [2.05, 4.69) is 0 Å². The Morgan fingerprint density at radius 2 is 2.06 bits per heavy atom. The van der Waals surface area contributed by atoms with Gasteiger partial charge in [0.15, 0.2) is 0 Å². The molecule has 0 bridgehead atoms. The van der Waals surface area contributed by atoms with Gasteiger partial charge in [0.2, 0.25) is 11.8 Å². The Morgan fingerprint density at radius 1 is 1.35 bits per heavy atom. The van der Waals surface area contributed by atoms with E-state index in [9.17, 15) is 9.59 Å². The number of ether oxygens (including phenoxy) is 1. The first-order valence-corrected chi connectivity index (χ1v) is 5.49. The molecule has 1 aromatic carbocycles. The zero-order chi connectivity index (χ0) is 12.6. The molecule has 2 rings (SSSR count). The summed E-state index contributed by atoms with van der Waals surface area (Å²) in [7, 11) is 3.12. The van der Waals surface area contributed by atoms with Crippen LogP contribution in [0.4, 0.5) is 0 Å². The van der Waals surface area contributed by atoms with Crippen LogP contribution < -0.4 is 4.74 Å². The summed E-state index contributed by atoms with van der Waals surface area (Å²) >= 11 is 0. The van der Waals surface area contributed by atoms with Crippen molar-refractivity contribution in [3.63, 3.8) is 0 Å². The Labute approximate surface area is 100 Å². The van der Waals surface area contributed by atoms with Crippen LogP contribution in [-0.2, 0) is 9.59 Å². The standard InChI is InChI=1S/C13H15NO3/c1-8-4-5-9(6-11(8)17-3)10-7-12(15)14(2)13(10)16/h4-6,10H,7H2,1-3H3. The molecule has 1 aliphatic rings. The molecule has 1 aromatic rings. The summed E-state index contributed by atoms with van der Waals surface area (Å²) in [6, 6.07) is 5.63. The summed E-state index contributed by atoms with van der Waals surface area (Å²) in [5.74, 6) is 0.125. The lowest BCUT2D eigenvalue weighted by molar-refractivity contribution is -0.137. The minimum absolute atomic E-state index is 0.125. The van der Waals surface area contributed by atoms with Gasteiger partial charge in [-0.2, -0.15) is 0 Å². The Bertz CT molecular complexity index is 482. The van der Waals surface area contributed by atoms with E-state index in [4.69, 9.17) is 4.74 Å². The summed E-state index contributed by atoms with van der Waals surface area (Å²) in [5, 5.41) is 0. The van der Waals surface area contributed by atoms with E-state index in [-0.39, 0.29) is 24.2 Å². The molecule has 0 saturated carbocycles. The number of hydrogen-bond acceptors (Lipinski definition) is 3. The zero-order valence-corrected chi connectivity index (χ0v) is 10.2. The van der Waals surface area contributed by atoms with Crippen molar-refractivity contribution >= 4 is 11.8 Å². The molecule has 0 radical (unpaired) electrons. The second kappa shape index (κ2) is 4.20. The molecule has 1 heterocycles. The Kier molecular flexibility index (Phi) is 2.88. The molecular weight excluding hydrogens is 218 g/mol. The van der Waals surface area contributed by atoms with Crippen LogP contribution in [0.2, 0.25) is 0 Å². The number of carbonyl (C=O) groups excluding carboxylic acids is 2. The number of likely N-dealkylation sites (N-methyl/N-ethyl adjacent to an activating group) is 1. The van der Waals surface area contributed by atoms with Crippen LogP contribution in [0.25, 0.3) is 0 Å². The number of methoxy groups -OCH3 is 1. The number of nitrogens with zero attached hydrogens (tertiary/aromatic N) is 1. The zero-order valence-electron chi connectivity index (χ0n) is 10.2. The SMILES string of the molecule is COc1cc(C2CC(=O)N(C)C2=O)ccc1C. The van der Waals surface area contributed by atoms with E-state index in [0.717, 1.165) is 16.9 Å². The van der Waals surface area contributed by atoms with Crippen molar-refractivity contribution in [2.24, 2.45) is 0 Å². The minimum atomic E-state index is -0.359. The number of amides is 2. The van der Waals surface area contributed by atoms with Crippen LogP contribution in [0.15, 0.2) is 18.2 Å². The van der Waals surface area contributed by atoms with Gasteiger partial charge in [0, 0.05) is 13.5 Å². The molecule has 1 saturated heterocycles. The lowest BCUT2D eigenvalue weighted by atomic mass is 9.96. The highest BCUT2D eigenvalue weighted by Crippen LogP contribution is 2.31. The van der Waals surface area contributed by atoms with E-state index in [0.29, 0.717) is 0 Å². The molecule has 0 N–H and O–H groups in total. The lowest BCUT2D eigenvalue weighted by Gasteiger charge is -2.11. The molecule has 0 aliphatic carbocycles. The molecule has 1 unspecified atom stereocenters. The van der Waals surface area contributed by atoms with Crippen LogP contribution >= 0.6 is 0 Å². The number of benzene rings is 1. The largest absolute Gasteiger partial charge is 0.496 e. The van der Waals surface area contributed by atoms with Gasteiger partial charge >= 0.3 is 0 Å².